The van der Waals surface area contributed by atoms with Crippen molar-refractivity contribution in [1.29, 1.82) is 0 Å². The summed E-state index contributed by atoms with van der Waals surface area (Å²) in [7, 11) is -4.86. The van der Waals surface area contributed by atoms with Crippen molar-refractivity contribution in [3.8, 4) is 0 Å². The minimum atomic E-state index is -5.30. The molecule has 0 aliphatic rings. The molecule has 9 nitrogen and oxygen atoms in total. The van der Waals surface area contributed by atoms with E-state index in [0.717, 1.165) is 31.2 Å². The van der Waals surface area contributed by atoms with E-state index in [-0.39, 0.29) is 4.47 Å². The molecular weight excluding hydrogens is 580 g/mol. The number of ether oxygens (including phenoxy) is 2. The summed E-state index contributed by atoms with van der Waals surface area (Å²) < 4.78 is 94.4. The Kier molecular flexibility index (Phi) is 8.87. The fraction of sp³-hybridized carbons (Fsp3) is 0.381. The zero-order valence-electron chi connectivity index (χ0n) is 19.1. The van der Waals surface area contributed by atoms with Crippen molar-refractivity contribution in [2.75, 3.05) is 13.2 Å². The number of benzene rings is 2. The summed E-state index contributed by atoms with van der Waals surface area (Å²) in [5.74, 6) is -2.82. The monoisotopic (exact) mass is 600 g/mol. The van der Waals surface area contributed by atoms with Gasteiger partial charge in [0.1, 0.15) is 5.82 Å². The van der Waals surface area contributed by atoms with Crippen LogP contribution in [0.2, 0.25) is 0 Å². The quantitative estimate of drug-likeness (QED) is 0.183. The maximum Gasteiger partial charge on any atom is 0.428 e. The van der Waals surface area contributed by atoms with Crippen molar-refractivity contribution in [2.24, 2.45) is 0 Å². The standard InChI is InChI=1S/C21H21BrF4N2O7S/c1-4-34-18(29)20(3,21(24,25)26)35-12-19(2,14-11-13(22)9-10-15(14)23)27-36(32,33)17-8-6-5-7-16(17)28(30)31/h5-11,27H,4,12H2,1-3H3/t19-,20+/m0/s1. The molecule has 15 heteroatoms. The van der Waals surface area contributed by atoms with Gasteiger partial charge in [0.05, 0.1) is 23.7 Å². The van der Waals surface area contributed by atoms with Crippen LogP contribution in [0, 0.1) is 15.9 Å². The summed E-state index contributed by atoms with van der Waals surface area (Å²) in [5, 5.41) is 11.4. The maximum atomic E-state index is 14.8. The van der Waals surface area contributed by atoms with Crippen molar-refractivity contribution >= 4 is 37.6 Å². The first-order valence-electron chi connectivity index (χ1n) is 10.1. The summed E-state index contributed by atoms with van der Waals surface area (Å²) in [4.78, 5) is 21.7. The third-order valence-electron chi connectivity index (χ3n) is 5.09. The number of rotatable bonds is 10. The number of carbonyl (C=O) groups excluding carboxylic acids is 1. The second-order valence-corrected chi connectivity index (χ2v) is 10.4. The molecule has 198 valence electrons. The molecule has 2 rings (SSSR count). The molecule has 0 unspecified atom stereocenters. The van der Waals surface area contributed by atoms with Gasteiger partial charge in [-0.05, 0) is 45.0 Å². The molecule has 0 aliphatic carbocycles. The number of hydrogen-bond donors (Lipinski definition) is 1. The zero-order valence-corrected chi connectivity index (χ0v) is 21.5. The average molecular weight is 601 g/mol. The zero-order chi connectivity index (χ0) is 27.5. The Morgan fingerprint density at radius 3 is 2.33 bits per heavy atom. The molecule has 0 fully saturated rings. The first-order valence-corrected chi connectivity index (χ1v) is 12.4. The van der Waals surface area contributed by atoms with E-state index in [0.29, 0.717) is 6.92 Å². The van der Waals surface area contributed by atoms with Crippen LogP contribution in [0.3, 0.4) is 0 Å². The van der Waals surface area contributed by atoms with Gasteiger partial charge >= 0.3 is 12.1 Å². The largest absolute Gasteiger partial charge is 0.464 e. The Bertz CT molecular complexity index is 1260. The van der Waals surface area contributed by atoms with Gasteiger partial charge < -0.3 is 9.47 Å². The molecule has 36 heavy (non-hydrogen) atoms. The van der Waals surface area contributed by atoms with Gasteiger partial charge in [0.2, 0.25) is 10.0 Å². The predicted octanol–water partition coefficient (Wildman–Crippen LogP) is 4.59. The van der Waals surface area contributed by atoms with Crippen LogP contribution in [-0.4, -0.2) is 44.3 Å². The second kappa shape index (κ2) is 10.8. The lowest BCUT2D eigenvalue weighted by molar-refractivity contribution is -0.387. The lowest BCUT2D eigenvalue weighted by Gasteiger charge is -2.36. The summed E-state index contributed by atoms with van der Waals surface area (Å²) >= 11 is 3.08. The van der Waals surface area contributed by atoms with E-state index >= 15 is 0 Å². The SMILES string of the molecule is CCOC(=O)[C@@](C)(OC[C@](C)(NS(=O)(=O)c1ccccc1[N+](=O)[O-])c1cc(Br)ccc1F)C(F)(F)F. The third-order valence-corrected chi connectivity index (χ3v) is 7.23. The molecular formula is C21H21BrF4N2O7S. The van der Waals surface area contributed by atoms with Crippen LogP contribution in [0.15, 0.2) is 51.8 Å². The van der Waals surface area contributed by atoms with E-state index in [1.165, 1.54) is 25.1 Å². The van der Waals surface area contributed by atoms with E-state index in [4.69, 9.17) is 4.74 Å². The van der Waals surface area contributed by atoms with E-state index < -0.39 is 73.4 Å². The van der Waals surface area contributed by atoms with E-state index in [1.807, 2.05) is 4.72 Å². The fourth-order valence-electron chi connectivity index (χ4n) is 3.08. The number of nitrogens with one attached hydrogen (secondary N) is 1. The summed E-state index contributed by atoms with van der Waals surface area (Å²) in [6.45, 7) is 1.03. The normalized spacial score (nSPS) is 15.6. The molecule has 0 saturated heterocycles. The van der Waals surface area contributed by atoms with Crippen molar-refractivity contribution in [2.45, 2.75) is 43.0 Å². The Labute approximate surface area is 212 Å². The number of hydrogen-bond acceptors (Lipinski definition) is 7. The van der Waals surface area contributed by atoms with Gasteiger partial charge in [-0.3, -0.25) is 10.1 Å². The number of nitro benzene ring substituents is 1. The summed E-state index contributed by atoms with van der Waals surface area (Å²) in [5.41, 5.74) is -7.13. The highest BCUT2D eigenvalue weighted by molar-refractivity contribution is 9.10. The van der Waals surface area contributed by atoms with Gasteiger partial charge in [0.15, 0.2) is 4.90 Å². The number of nitro groups is 1. The average Bonchev–Trinajstić information content (AvgIpc) is 2.78. The molecule has 2 aromatic rings. The van der Waals surface area contributed by atoms with Gasteiger partial charge in [-0.15, -0.1) is 0 Å². The molecule has 2 aromatic carbocycles. The lowest BCUT2D eigenvalue weighted by Crippen LogP contribution is -2.56. The molecule has 1 N–H and O–H groups in total. The lowest BCUT2D eigenvalue weighted by atomic mass is 9.93. The molecule has 0 amide bonds. The highest BCUT2D eigenvalue weighted by Gasteiger charge is 2.60. The van der Waals surface area contributed by atoms with Gasteiger partial charge in [0, 0.05) is 16.1 Å². The molecule has 2 atom stereocenters. The third kappa shape index (κ3) is 6.19. The van der Waals surface area contributed by atoms with E-state index in [2.05, 4.69) is 20.7 Å². The number of esters is 1. The van der Waals surface area contributed by atoms with Gasteiger partial charge in [-0.2, -0.15) is 17.9 Å². The minimum absolute atomic E-state index is 0.235. The number of alkyl halides is 3. The fourth-order valence-corrected chi connectivity index (χ4v) is 4.99. The van der Waals surface area contributed by atoms with Crippen LogP contribution in [0.25, 0.3) is 0 Å². The second-order valence-electron chi connectivity index (χ2n) is 7.83. The first-order chi connectivity index (χ1) is 16.5. The van der Waals surface area contributed by atoms with Gasteiger partial charge in [-0.25, -0.2) is 17.6 Å². The van der Waals surface area contributed by atoms with Crippen LogP contribution in [-0.2, 0) is 29.8 Å². The number of para-hydroxylation sites is 1. The Balaban J connectivity index is 2.65. The van der Waals surface area contributed by atoms with Crippen LogP contribution in [0.5, 0.6) is 0 Å². The Hall–Kier alpha value is -2.62. The Morgan fingerprint density at radius 2 is 1.78 bits per heavy atom. The smallest absolute Gasteiger partial charge is 0.428 e. The predicted molar refractivity (Wildman–Crippen MR) is 122 cm³/mol. The molecule has 0 heterocycles. The van der Waals surface area contributed by atoms with Gasteiger partial charge in [-0.1, -0.05) is 28.1 Å². The number of sulfonamides is 1. The molecule has 0 radical (unpaired) electrons. The van der Waals surface area contributed by atoms with Crippen LogP contribution in [0.1, 0.15) is 26.3 Å². The number of nitrogens with zero attached hydrogens (tertiary/aromatic N) is 1. The van der Waals surface area contributed by atoms with Crippen molar-refractivity contribution in [3.05, 3.63) is 68.4 Å². The molecule has 0 bridgehead atoms. The maximum absolute atomic E-state index is 14.8. The van der Waals surface area contributed by atoms with E-state index in [1.54, 1.807) is 0 Å². The van der Waals surface area contributed by atoms with Crippen LogP contribution in [0.4, 0.5) is 23.2 Å². The van der Waals surface area contributed by atoms with E-state index in [9.17, 15) is 40.9 Å². The van der Waals surface area contributed by atoms with Crippen molar-refractivity contribution in [3.63, 3.8) is 0 Å². The molecule has 0 saturated carbocycles. The number of halogens is 5. The summed E-state index contributed by atoms with van der Waals surface area (Å²) in [6.07, 6.45) is -5.30. The molecule has 0 aromatic heterocycles. The van der Waals surface area contributed by atoms with Gasteiger partial charge in [0.25, 0.3) is 11.3 Å². The summed E-state index contributed by atoms with van der Waals surface area (Å²) in [6, 6.07) is 7.48. The molecule has 0 aliphatic heterocycles. The van der Waals surface area contributed by atoms with Crippen molar-refractivity contribution < 1.29 is 45.2 Å². The Morgan fingerprint density at radius 1 is 1.17 bits per heavy atom. The van der Waals surface area contributed by atoms with Crippen LogP contribution < -0.4 is 4.72 Å². The van der Waals surface area contributed by atoms with Crippen molar-refractivity contribution in [1.82, 2.24) is 4.72 Å². The van der Waals surface area contributed by atoms with Crippen LogP contribution >= 0.6 is 15.9 Å². The highest BCUT2D eigenvalue weighted by atomic mass is 79.9. The highest BCUT2D eigenvalue weighted by Crippen LogP contribution is 2.38. The number of carbonyl (C=O) groups is 1. The minimum Gasteiger partial charge on any atom is -0.464 e. The topological polar surface area (TPSA) is 125 Å². The first kappa shape index (κ1) is 29.6. The molecule has 0 spiro atoms.